The number of carbonyl (C=O) groups is 1. The Hall–Kier alpha value is -1.52. The summed E-state index contributed by atoms with van der Waals surface area (Å²) in [4.78, 5) is 10.9. The fourth-order valence-electron chi connectivity index (χ4n) is 2.19. The first kappa shape index (κ1) is 20.5. The van der Waals surface area contributed by atoms with Crippen LogP contribution in [0.5, 0.6) is 0 Å². The first-order chi connectivity index (χ1) is 10.4. The maximum atomic E-state index is 10.9. The Morgan fingerprint density at radius 1 is 1.32 bits per heavy atom. The van der Waals surface area contributed by atoms with Crippen LogP contribution in [0.15, 0.2) is 18.2 Å². The molecule has 0 bridgehead atoms. The minimum atomic E-state index is -0.992. The number of nitrogens with zero attached hydrogens (tertiary/aromatic N) is 1. The topological polar surface area (TPSA) is 68.2 Å². The van der Waals surface area contributed by atoms with Gasteiger partial charge in [0.15, 0.2) is 0 Å². The highest BCUT2D eigenvalue weighted by Gasteiger charge is 2.18. The molecule has 1 aromatic carbocycles. The van der Waals surface area contributed by atoms with Gasteiger partial charge in [0, 0.05) is 35.1 Å². The predicted molar refractivity (Wildman–Crippen MR) is 94.7 cm³/mol. The number of hydrogen-bond donors (Lipinski definition) is 2. The van der Waals surface area contributed by atoms with Crippen LogP contribution in [-0.2, 0) is 18.3 Å². The maximum Gasteiger partial charge on any atom is 0.320 e. The zero-order chi connectivity index (χ0) is 17.4. The van der Waals surface area contributed by atoms with Crippen molar-refractivity contribution in [2.24, 2.45) is 12.8 Å². The van der Waals surface area contributed by atoms with Crippen molar-refractivity contribution < 1.29 is 9.90 Å². The van der Waals surface area contributed by atoms with Gasteiger partial charge in [0.25, 0.3) is 0 Å². The molecule has 0 aliphatic rings. The van der Waals surface area contributed by atoms with Crippen LogP contribution >= 0.6 is 11.6 Å². The van der Waals surface area contributed by atoms with E-state index in [4.69, 9.17) is 22.4 Å². The number of halogens is 1. The van der Waals surface area contributed by atoms with Gasteiger partial charge in [0.05, 0.1) is 0 Å². The van der Waals surface area contributed by atoms with Gasteiger partial charge < -0.3 is 15.4 Å². The fraction of sp³-hybridized carbons (Fsp3) is 0.471. The molecule has 2 rings (SSSR count). The van der Waals surface area contributed by atoms with Gasteiger partial charge in [-0.05, 0) is 30.7 Å². The summed E-state index contributed by atoms with van der Waals surface area (Å²) in [6, 6.07) is 4.71. The lowest BCUT2D eigenvalue weighted by Crippen LogP contribution is -2.32. The molecule has 1 unspecified atom stereocenters. The Labute approximate surface area is 137 Å². The molecule has 2 aromatic rings. The molecule has 124 valence electrons. The lowest BCUT2D eigenvalue weighted by Gasteiger charge is -2.07. The highest BCUT2D eigenvalue weighted by atomic mass is 35.5. The third-order valence-corrected chi connectivity index (χ3v) is 3.56. The minimum Gasteiger partial charge on any atom is -0.480 e. The van der Waals surface area contributed by atoms with E-state index in [1.165, 1.54) is 0 Å². The van der Waals surface area contributed by atoms with Crippen LogP contribution in [0, 0.1) is 6.92 Å². The molecule has 0 saturated carbocycles. The van der Waals surface area contributed by atoms with Gasteiger partial charge >= 0.3 is 5.97 Å². The largest absolute Gasteiger partial charge is 0.480 e. The number of fused-ring (bicyclic) bond motifs is 1. The van der Waals surface area contributed by atoms with Gasteiger partial charge in [0.1, 0.15) is 6.04 Å². The second-order valence-corrected chi connectivity index (χ2v) is 4.87. The van der Waals surface area contributed by atoms with E-state index in [0.29, 0.717) is 11.4 Å². The Morgan fingerprint density at radius 3 is 2.36 bits per heavy atom. The van der Waals surface area contributed by atoms with Crippen molar-refractivity contribution in [3.05, 3.63) is 34.5 Å². The normalized spacial score (nSPS) is 11.1. The van der Waals surface area contributed by atoms with Crippen molar-refractivity contribution in [2.45, 2.75) is 47.1 Å². The lowest BCUT2D eigenvalue weighted by atomic mass is 10.0. The highest BCUT2D eigenvalue weighted by Crippen LogP contribution is 2.28. The van der Waals surface area contributed by atoms with Crippen LogP contribution < -0.4 is 5.73 Å². The number of benzene rings is 1. The quantitative estimate of drug-likeness (QED) is 0.890. The Morgan fingerprint density at radius 2 is 1.86 bits per heavy atom. The molecule has 1 atom stereocenters. The van der Waals surface area contributed by atoms with Gasteiger partial charge in [-0.2, -0.15) is 0 Å². The summed E-state index contributed by atoms with van der Waals surface area (Å²) >= 11 is 5.99. The summed E-state index contributed by atoms with van der Waals surface area (Å²) in [5.74, 6) is -0.992. The second-order valence-electron chi connectivity index (χ2n) is 4.43. The summed E-state index contributed by atoms with van der Waals surface area (Å²) in [6.45, 7) is 9.96. The maximum absolute atomic E-state index is 10.9. The first-order valence-corrected chi connectivity index (χ1v) is 8.01. The third-order valence-electron chi connectivity index (χ3n) is 3.33. The van der Waals surface area contributed by atoms with Crippen LogP contribution in [0.2, 0.25) is 5.02 Å². The Kier molecular flexibility index (Phi) is 8.83. The number of hydrogen-bond acceptors (Lipinski definition) is 2. The van der Waals surface area contributed by atoms with Crippen molar-refractivity contribution in [1.29, 1.82) is 0 Å². The third kappa shape index (κ3) is 4.49. The fourth-order valence-corrected chi connectivity index (χ4v) is 2.36. The molecule has 1 heterocycles. The number of carboxylic acids is 1. The molecular formula is C17H27ClN2O2. The molecule has 5 heteroatoms. The summed E-state index contributed by atoms with van der Waals surface area (Å²) in [5, 5.41) is 10.5. The van der Waals surface area contributed by atoms with Gasteiger partial charge in [-0.1, -0.05) is 39.3 Å². The van der Waals surface area contributed by atoms with E-state index >= 15 is 0 Å². The molecule has 0 spiro atoms. The molecule has 0 saturated heterocycles. The van der Waals surface area contributed by atoms with E-state index in [1.54, 1.807) is 0 Å². The van der Waals surface area contributed by atoms with E-state index in [9.17, 15) is 4.79 Å². The number of carboxylic acid groups (broad SMARTS) is 1. The number of rotatable bonds is 3. The van der Waals surface area contributed by atoms with Gasteiger partial charge in [0.2, 0.25) is 0 Å². The number of nitrogens with two attached hydrogens (primary N) is 1. The smallest absolute Gasteiger partial charge is 0.320 e. The molecule has 22 heavy (non-hydrogen) atoms. The lowest BCUT2D eigenvalue weighted by molar-refractivity contribution is -0.138. The SMILES string of the molecule is CC.CC.Cc1c(CC(N)C(=O)O)c2cc(Cl)ccc2n1C. The van der Waals surface area contributed by atoms with Gasteiger partial charge in [-0.25, -0.2) is 0 Å². The average molecular weight is 327 g/mol. The van der Waals surface area contributed by atoms with E-state index in [1.807, 2.05) is 64.4 Å². The molecule has 1 aromatic heterocycles. The van der Waals surface area contributed by atoms with Crippen molar-refractivity contribution in [2.75, 3.05) is 0 Å². The standard InChI is InChI=1S/C13H15ClN2O2.2C2H6/c1-7-9(6-11(15)13(17)18)10-5-8(14)3-4-12(10)16(7)2;2*1-2/h3-5,11H,6,15H2,1-2H3,(H,17,18);2*1-2H3. The van der Waals surface area contributed by atoms with Gasteiger partial charge in [-0.15, -0.1) is 0 Å². The number of aryl methyl sites for hydroxylation is 1. The zero-order valence-corrected chi connectivity index (χ0v) is 15.0. The highest BCUT2D eigenvalue weighted by molar-refractivity contribution is 6.31. The van der Waals surface area contributed by atoms with Crippen molar-refractivity contribution in [1.82, 2.24) is 4.57 Å². The Bertz CT molecular complexity index is 621. The van der Waals surface area contributed by atoms with E-state index in [-0.39, 0.29) is 0 Å². The van der Waals surface area contributed by atoms with Crippen LogP contribution in [-0.4, -0.2) is 21.7 Å². The van der Waals surface area contributed by atoms with E-state index in [0.717, 1.165) is 22.2 Å². The number of aromatic nitrogens is 1. The molecule has 0 aliphatic heterocycles. The average Bonchev–Trinajstić information content (AvgIpc) is 2.75. The predicted octanol–water partition coefficient (Wildman–Crippen LogP) is 4.15. The summed E-state index contributed by atoms with van der Waals surface area (Å²) in [6.07, 6.45) is 0.304. The minimum absolute atomic E-state index is 0.304. The van der Waals surface area contributed by atoms with Crippen molar-refractivity contribution in [3.63, 3.8) is 0 Å². The molecule has 0 aliphatic carbocycles. The van der Waals surface area contributed by atoms with Crippen LogP contribution in [0.1, 0.15) is 39.0 Å². The molecule has 0 radical (unpaired) electrons. The first-order valence-electron chi connectivity index (χ1n) is 7.63. The zero-order valence-electron chi connectivity index (χ0n) is 14.3. The van der Waals surface area contributed by atoms with Crippen LogP contribution in [0.25, 0.3) is 10.9 Å². The molecular weight excluding hydrogens is 300 g/mol. The monoisotopic (exact) mass is 326 g/mol. The van der Waals surface area contributed by atoms with Crippen molar-refractivity contribution in [3.8, 4) is 0 Å². The Balaban J connectivity index is 0.00000102. The summed E-state index contributed by atoms with van der Waals surface area (Å²) in [5.41, 5.74) is 8.61. The molecule has 3 N–H and O–H groups in total. The van der Waals surface area contributed by atoms with Crippen LogP contribution in [0.3, 0.4) is 0 Å². The van der Waals surface area contributed by atoms with E-state index in [2.05, 4.69) is 0 Å². The van der Waals surface area contributed by atoms with Crippen molar-refractivity contribution >= 4 is 28.5 Å². The molecule has 0 amide bonds. The second kappa shape index (κ2) is 9.49. The molecule has 4 nitrogen and oxygen atoms in total. The summed E-state index contributed by atoms with van der Waals surface area (Å²) < 4.78 is 2.02. The molecule has 0 fully saturated rings. The van der Waals surface area contributed by atoms with E-state index < -0.39 is 12.0 Å². The number of aliphatic carboxylic acids is 1. The summed E-state index contributed by atoms with van der Waals surface area (Å²) in [7, 11) is 1.95. The van der Waals surface area contributed by atoms with Gasteiger partial charge in [-0.3, -0.25) is 4.79 Å². The van der Waals surface area contributed by atoms with Crippen LogP contribution in [0.4, 0.5) is 0 Å².